The Bertz CT molecular complexity index is 215. The van der Waals surface area contributed by atoms with Crippen molar-refractivity contribution in [3.63, 3.8) is 0 Å². The van der Waals surface area contributed by atoms with Gasteiger partial charge in [-0.05, 0) is 25.3 Å². The molecule has 0 aliphatic heterocycles. The van der Waals surface area contributed by atoms with Gasteiger partial charge in [0, 0.05) is 0 Å². The van der Waals surface area contributed by atoms with Gasteiger partial charge < -0.3 is 9.73 Å². The molecule has 0 fully saturated rings. The molecule has 0 spiro atoms. The van der Waals surface area contributed by atoms with Crippen molar-refractivity contribution in [2.24, 2.45) is 0 Å². The van der Waals surface area contributed by atoms with E-state index in [0.29, 0.717) is 0 Å². The highest BCUT2D eigenvalue weighted by atomic mass is 16.3. The quantitative estimate of drug-likeness (QED) is 0.685. The van der Waals surface area contributed by atoms with Crippen molar-refractivity contribution in [2.45, 2.75) is 6.54 Å². The molecule has 0 bridgehead atoms. The average Bonchev–Trinajstić information content (AvgIpc) is 2.37. The molecule has 1 aromatic heterocycles. The molecule has 2 heteroatoms. The fourth-order valence-corrected chi connectivity index (χ4v) is 0.773. The maximum absolute atomic E-state index is 5.29. The third-order valence-corrected chi connectivity index (χ3v) is 1.23. The van der Waals surface area contributed by atoms with Gasteiger partial charge in [0.05, 0.1) is 6.54 Å². The lowest BCUT2D eigenvalue weighted by Crippen LogP contribution is -2.03. The molecular formula is C8H11NO. The van der Waals surface area contributed by atoms with Gasteiger partial charge in [0.25, 0.3) is 0 Å². The van der Waals surface area contributed by atoms with Gasteiger partial charge in [-0.15, -0.1) is 0 Å². The fraction of sp³-hybridized carbons (Fsp3) is 0.250. The predicted molar refractivity (Wildman–Crippen MR) is 41.6 cm³/mol. The van der Waals surface area contributed by atoms with Gasteiger partial charge >= 0.3 is 0 Å². The van der Waals surface area contributed by atoms with Crippen LogP contribution in [0.1, 0.15) is 11.5 Å². The zero-order chi connectivity index (χ0) is 7.40. The van der Waals surface area contributed by atoms with E-state index in [4.69, 9.17) is 4.42 Å². The van der Waals surface area contributed by atoms with E-state index in [1.165, 1.54) is 0 Å². The zero-order valence-corrected chi connectivity index (χ0v) is 6.05. The van der Waals surface area contributed by atoms with E-state index in [9.17, 15) is 0 Å². The lowest BCUT2D eigenvalue weighted by molar-refractivity contribution is 0.488. The molecule has 0 atom stereocenters. The molecule has 10 heavy (non-hydrogen) atoms. The molecule has 1 N–H and O–H groups in total. The summed E-state index contributed by atoms with van der Waals surface area (Å²) in [6.45, 7) is 4.36. The van der Waals surface area contributed by atoms with Crippen molar-refractivity contribution < 1.29 is 4.42 Å². The second kappa shape index (κ2) is 3.22. The lowest BCUT2D eigenvalue weighted by atomic mass is 10.4. The third-order valence-electron chi connectivity index (χ3n) is 1.23. The van der Waals surface area contributed by atoms with Crippen molar-refractivity contribution in [1.29, 1.82) is 0 Å². The summed E-state index contributed by atoms with van der Waals surface area (Å²) in [4.78, 5) is 0. The van der Waals surface area contributed by atoms with Crippen molar-refractivity contribution in [1.82, 2.24) is 5.32 Å². The molecule has 1 aromatic rings. The average molecular weight is 137 g/mol. The minimum atomic E-state index is 0.772. The standard InChI is InChI=1S/C8H11NO/c1-3-7-4-5-8(10-7)6-9-2/h3-5,9H,1,6H2,2H3. The van der Waals surface area contributed by atoms with Gasteiger partial charge in [-0.1, -0.05) is 6.58 Å². The van der Waals surface area contributed by atoms with Crippen LogP contribution in [0.25, 0.3) is 6.08 Å². The molecular weight excluding hydrogens is 126 g/mol. The van der Waals surface area contributed by atoms with Gasteiger partial charge in [-0.25, -0.2) is 0 Å². The second-order valence-electron chi connectivity index (χ2n) is 2.04. The lowest BCUT2D eigenvalue weighted by Gasteiger charge is -1.90. The molecule has 0 aromatic carbocycles. The smallest absolute Gasteiger partial charge is 0.126 e. The van der Waals surface area contributed by atoms with E-state index in [-0.39, 0.29) is 0 Å². The normalized spacial score (nSPS) is 9.70. The summed E-state index contributed by atoms with van der Waals surface area (Å²) in [5, 5.41) is 2.99. The Morgan fingerprint density at radius 2 is 2.50 bits per heavy atom. The number of hydrogen-bond donors (Lipinski definition) is 1. The number of hydrogen-bond acceptors (Lipinski definition) is 2. The van der Waals surface area contributed by atoms with Crippen LogP contribution in [0.2, 0.25) is 0 Å². The van der Waals surface area contributed by atoms with Crippen molar-refractivity contribution in [3.05, 3.63) is 30.2 Å². The van der Waals surface area contributed by atoms with Crippen LogP contribution in [0.4, 0.5) is 0 Å². The Hall–Kier alpha value is -1.02. The van der Waals surface area contributed by atoms with Crippen LogP contribution in [0, 0.1) is 0 Å². The number of rotatable bonds is 3. The van der Waals surface area contributed by atoms with E-state index < -0.39 is 0 Å². The first-order valence-electron chi connectivity index (χ1n) is 3.22. The number of furan rings is 1. The van der Waals surface area contributed by atoms with E-state index in [2.05, 4.69) is 11.9 Å². The van der Waals surface area contributed by atoms with Crippen molar-refractivity contribution >= 4 is 6.08 Å². The molecule has 0 aliphatic rings. The monoisotopic (exact) mass is 137 g/mol. The van der Waals surface area contributed by atoms with Crippen LogP contribution in [0.15, 0.2) is 23.1 Å². The van der Waals surface area contributed by atoms with Crippen LogP contribution in [0.5, 0.6) is 0 Å². The van der Waals surface area contributed by atoms with Gasteiger partial charge in [-0.3, -0.25) is 0 Å². The minimum Gasteiger partial charge on any atom is -0.460 e. The van der Waals surface area contributed by atoms with Crippen LogP contribution in [-0.4, -0.2) is 7.05 Å². The molecule has 54 valence electrons. The summed E-state index contributed by atoms with van der Waals surface area (Å²) in [5.74, 6) is 1.77. The van der Waals surface area contributed by atoms with Crippen LogP contribution >= 0.6 is 0 Å². The van der Waals surface area contributed by atoms with E-state index in [0.717, 1.165) is 18.1 Å². The zero-order valence-electron chi connectivity index (χ0n) is 6.05. The van der Waals surface area contributed by atoms with Gasteiger partial charge in [0.2, 0.25) is 0 Å². The molecule has 1 heterocycles. The van der Waals surface area contributed by atoms with E-state index >= 15 is 0 Å². The first-order chi connectivity index (χ1) is 4.86. The fourth-order valence-electron chi connectivity index (χ4n) is 0.773. The molecule has 1 rings (SSSR count). The maximum atomic E-state index is 5.29. The van der Waals surface area contributed by atoms with Gasteiger partial charge in [0.15, 0.2) is 0 Å². The van der Waals surface area contributed by atoms with Crippen LogP contribution in [0.3, 0.4) is 0 Å². The Morgan fingerprint density at radius 3 is 3.00 bits per heavy atom. The maximum Gasteiger partial charge on any atom is 0.126 e. The SMILES string of the molecule is C=Cc1ccc(CNC)o1. The first kappa shape index (κ1) is 7.09. The topological polar surface area (TPSA) is 25.2 Å². The molecule has 0 radical (unpaired) electrons. The van der Waals surface area contributed by atoms with Crippen LogP contribution < -0.4 is 5.32 Å². The Morgan fingerprint density at radius 1 is 1.70 bits per heavy atom. The predicted octanol–water partition coefficient (Wildman–Crippen LogP) is 1.64. The van der Waals surface area contributed by atoms with Crippen molar-refractivity contribution in [2.75, 3.05) is 7.05 Å². The molecule has 0 aliphatic carbocycles. The van der Waals surface area contributed by atoms with Crippen LogP contribution in [-0.2, 0) is 6.54 Å². The highest BCUT2D eigenvalue weighted by Gasteiger charge is 1.95. The summed E-state index contributed by atoms with van der Waals surface area (Å²) in [6.07, 6.45) is 1.69. The number of nitrogens with one attached hydrogen (secondary N) is 1. The molecule has 0 saturated heterocycles. The van der Waals surface area contributed by atoms with E-state index in [1.54, 1.807) is 6.08 Å². The summed E-state index contributed by atoms with van der Waals surface area (Å²) in [6, 6.07) is 3.84. The minimum absolute atomic E-state index is 0.772. The summed E-state index contributed by atoms with van der Waals surface area (Å²) in [5.41, 5.74) is 0. The van der Waals surface area contributed by atoms with E-state index in [1.807, 2.05) is 19.2 Å². The molecule has 0 saturated carbocycles. The largest absolute Gasteiger partial charge is 0.460 e. The highest BCUT2D eigenvalue weighted by molar-refractivity contribution is 5.39. The molecule has 0 amide bonds. The molecule has 2 nitrogen and oxygen atoms in total. The third kappa shape index (κ3) is 1.48. The first-order valence-corrected chi connectivity index (χ1v) is 3.22. The van der Waals surface area contributed by atoms with Gasteiger partial charge in [-0.2, -0.15) is 0 Å². The summed E-state index contributed by atoms with van der Waals surface area (Å²) < 4.78 is 5.29. The highest BCUT2D eigenvalue weighted by Crippen LogP contribution is 2.07. The Kier molecular flexibility index (Phi) is 2.29. The summed E-state index contributed by atoms with van der Waals surface area (Å²) in [7, 11) is 1.89. The summed E-state index contributed by atoms with van der Waals surface area (Å²) >= 11 is 0. The van der Waals surface area contributed by atoms with Gasteiger partial charge in [0.1, 0.15) is 11.5 Å². The Balaban J connectivity index is 2.68. The second-order valence-corrected chi connectivity index (χ2v) is 2.04. The molecule has 0 unspecified atom stereocenters. The van der Waals surface area contributed by atoms with Crippen molar-refractivity contribution in [3.8, 4) is 0 Å². The Labute approximate surface area is 60.5 Å².